The SMILES string of the molecule is CCOCC(C)N=C(NN)NC(C)C. The van der Waals surface area contributed by atoms with E-state index < -0.39 is 0 Å². The van der Waals surface area contributed by atoms with E-state index in [1.807, 2.05) is 27.7 Å². The fourth-order valence-electron chi connectivity index (χ4n) is 0.936. The van der Waals surface area contributed by atoms with Gasteiger partial charge < -0.3 is 10.1 Å². The van der Waals surface area contributed by atoms with Gasteiger partial charge in [-0.1, -0.05) is 0 Å². The van der Waals surface area contributed by atoms with Crippen molar-refractivity contribution in [1.82, 2.24) is 10.7 Å². The number of nitrogens with two attached hydrogens (primary N) is 1. The molecule has 0 radical (unpaired) electrons. The van der Waals surface area contributed by atoms with Gasteiger partial charge in [0, 0.05) is 12.6 Å². The molecule has 0 bridgehead atoms. The summed E-state index contributed by atoms with van der Waals surface area (Å²) < 4.78 is 5.24. The van der Waals surface area contributed by atoms with Gasteiger partial charge in [0.2, 0.25) is 5.96 Å². The molecule has 84 valence electrons. The molecule has 0 aliphatic heterocycles. The second-order valence-electron chi connectivity index (χ2n) is 3.43. The number of aliphatic imine (C=N–C) groups is 1. The zero-order valence-electron chi connectivity index (χ0n) is 9.50. The minimum atomic E-state index is 0.104. The van der Waals surface area contributed by atoms with Crippen LogP contribution in [0.15, 0.2) is 4.99 Å². The van der Waals surface area contributed by atoms with Crippen LogP contribution >= 0.6 is 0 Å². The summed E-state index contributed by atoms with van der Waals surface area (Å²) in [7, 11) is 0. The molecule has 0 aromatic rings. The molecule has 0 rings (SSSR count). The van der Waals surface area contributed by atoms with Crippen LogP contribution in [-0.4, -0.2) is 31.3 Å². The third kappa shape index (κ3) is 6.68. The first-order chi connectivity index (χ1) is 6.60. The number of rotatable bonds is 5. The Hall–Kier alpha value is -0.810. The number of ether oxygens (including phenoxy) is 1. The summed E-state index contributed by atoms with van der Waals surface area (Å²) in [5.41, 5.74) is 2.52. The topological polar surface area (TPSA) is 71.7 Å². The predicted molar refractivity (Wildman–Crippen MR) is 59.0 cm³/mol. The summed E-state index contributed by atoms with van der Waals surface area (Å²) >= 11 is 0. The van der Waals surface area contributed by atoms with E-state index in [1.165, 1.54) is 0 Å². The number of nitrogens with zero attached hydrogens (tertiary/aromatic N) is 1. The summed E-state index contributed by atoms with van der Waals surface area (Å²) in [6.45, 7) is 9.32. The summed E-state index contributed by atoms with van der Waals surface area (Å²) in [6, 6.07) is 0.413. The Morgan fingerprint density at radius 3 is 2.50 bits per heavy atom. The minimum absolute atomic E-state index is 0.104. The Morgan fingerprint density at radius 2 is 2.07 bits per heavy atom. The van der Waals surface area contributed by atoms with E-state index in [2.05, 4.69) is 15.7 Å². The lowest BCUT2D eigenvalue weighted by Gasteiger charge is -2.14. The molecule has 0 saturated carbocycles. The van der Waals surface area contributed by atoms with E-state index >= 15 is 0 Å². The summed E-state index contributed by atoms with van der Waals surface area (Å²) in [6.07, 6.45) is 0. The molecule has 1 atom stereocenters. The van der Waals surface area contributed by atoms with Crippen molar-refractivity contribution in [2.24, 2.45) is 10.8 Å². The van der Waals surface area contributed by atoms with Crippen molar-refractivity contribution in [3.05, 3.63) is 0 Å². The van der Waals surface area contributed by atoms with Crippen LogP contribution in [-0.2, 0) is 4.74 Å². The first-order valence-corrected chi connectivity index (χ1v) is 4.98. The monoisotopic (exact) mass is 202 g/mol. The lowest BCUT2D eigenvalue weighted by molar-refractivity contribution is 0.137. The van der Waals surface area contributed by atoms with Crippen LogP contribution in [0, 0.1) is 0 Å². The van der Waals surface area contributed by atoms with Crippen LogP contribution in [0.25, 0.3) is 0 Å². The molecule has 0 amide bonds. The molecular formula is C9H22N4O. The zero-order valence-corrected chi connectivity index (χ0v) is 9.50. The lowest BCUT2D eigenvalue weighted by Crippen LogP contribution is -2.45. The molecule has 5 nitrogen and oxygen atoms in total. The first kappa shape index (κ1) is 13.2. The van der Waals surface area contributed by atoms with Crippen LogP contribution < -0.4 is 16.6 Å². The predicted octanol–water partition coefficient (Wildman–Crippen LogP) is 0.229. The Balaban J connectivity index is 3.99. The van der Waals surface area contributed by atoms with Gasteiger partial charge in [-0.25, -0.2) is 10.8 Å². The largest absolute Gasteiger partial charge is 0.380 e. The van der Waals surface area contributed by atoms with Crippen molar-refractivity contribution in [1.29, 1.82) is 0 Å². The van der Waals surface area contributed by atoms with Crippen molar-refractivity contribution in [3.8, 4) is 0 Å². The van der Waals surface area contributed by atoms with Crippen LogP contribution in [0.3, 0.4) is 0 Å². The van der Waals surface area contributed by atoms with E-state index in [9.17, 15) is 0 Å². The molecule has 14 heavy (non-hydrogen) atoms. The maximum absolute atomic E-state index is 5.31. The molecule has 0 aliphatic rings. The smallest absolute Gasteiger partial charge is 0.206 e. The van der Waals surface area contributed by atoms with Gasteiger partial charge in [0.25, 0.3) is 0 Å². The van der Waals surface area contributed by atoms with E-state index in [4.69, 9.17) is 10.6 Å². The van der Waals surface area contributed by atoms with Crippen LogP contribution in [0.5, 0.6) is 0 Å². The van der Waals surface area contributed by atoms with Crippen molar-refractivity contribution >= 4 is 5.96 Å². The van der Waals surface area contributed by atoms with Gasteiger partial charge >= 0.3 is 0 Å². The summed E-state index contributed by atoms with van der Waals surface area (Å²) in [5.74, 6) is 5.92. The third-order valence-electron chi connectivity index (χ3n) is 1.47. The number of nitrogens with one attached hydrogen (secondary N) is 2. The first-order valence-electron chi connectivity index (χ1n) is 4.98. The van der Waals surface area contributed by atoms with E-state index in [1.54, 1.807) is 0 Å². The molecule has 1 unspecified atom stereocenters. The zero-order chi connectivity index (χ0) is 11.0. The molecule has 4 N–H and O–H groups in total. The molecule has 0 saturated heterocycles. The van der Waals surface area contributed by atoms with Crippen molar-refractivity contribution in [2.45, 2.75) is 39.8 Å². The van der Waals surface area contributed by atoms with Gasteiger partial charge in [-0.2, -0.15) is 0 Å². The van der Waals surface area contributed by atoms with Crippen LogP contribution in [0.1, 0.15) is 27.7 Å². The molecular weight excluding hydrogens is 180 g/mol. The maximum Gasteiger partial charge on any atom is 0.206 e. The van der Waals surface area contributed by atoms with Gasteiger partial charge in [0.15, 0.2) is 0 Å². The molecule has 5 heteroatoms. The van der Waals surface area contributed by atoms with Gasteiger partial charge in [0.05, 0.1) is 12.6 Å². The Morgan fingerprint density at radius 1 is 1.43 bits per heavy atom. The van der Waals surface area contributed by atoms with E-state index in [0.29, 0.717) is 25.2 Å². The summed E-state index contributed by atoms with van der Waals surface area (Å²) in [5, 5.41) is 3.10. The maximum atomic E-state index is 5.31. The standard InChI is InChI=1S/C9H22N4O/c1-5-14-6-8(4)12-9(13-10)11-7(2)3/h7-8H,5-6,10H2,1-4H3,(H2,11,12,13). The van der Waals surface area contributed by atoms with Crippen molar-refractivity contribution in [3.63, 3.8) is 0 Å². The van der Waals surface area contributed by atoms with E-state index in [0.717, 1.165) is 0 Å². The fraction of sp³-hybridized carbons (Fsp3) is 0.889. The Kier molecular flexibility index (Phi) is 7.14. The molecule has 0 spiro atoms. The molecule has 0 aliphatic carbocycles. The molecule has 0 heterocycles. The average molecular weight is 202 g/mol. The van der Waals surface area contributed by atoms with Gasteiger partial charge in [-0.15, -0.1) is 0 Å². The number of hydrogen-bond donors (Lipinski definition) is 3. The normalized spacial score (nSPS) is 14.3. The van der Waals surface area contributed by atoms with Crippen molar-refractivity contribution in [2.75, 3.05) is 13.2 Å². The van der Waals surface area contributed by atoms with Crippen LogP contribution in [0.4, 0.5) is 0 Å². The molecule has 0 aromatic carbocycles. The average Bonchev–Trinajstić information content (AvgIpc) is 2.12. The van der Waals surface area contributed by atoms with Crippen LogP contribution in [0.2, 0.25) is 0 Å². The molecule has 0 aromatic heterocycles. The van der Waals surface area contributed by atoms with Gasteiger partial charge in [-0.3, -0.25) is 5.43 Å². The van der Waals surface area contributed by atoms with E-state index in [-0.39, 0.29) is 6.04 Å². The number of hydrogen-bond acceptors (Lipinski definition) is 3. The van der Waals surface area contributed by atoms with Gasteiger partial charge in [-0.05, 0) is 27.7 Å². The Labute approximate surface area is 86.1 Å². The highest BCUT2D eigenvalue weighted by Crippen LogP contribution is 1.91. The fourth-order valence-corrected chi connectivity index (χ4v) is 0.936. The summed E-state index contributed by atoms with van der Waals surface area (Å²) in [4.78, 5) is 4.32. The number of guanidine groups is 1. The highest BCUT2D eigenvalue weighted by molar-refractivity contribution is 5.79. The highest BCUT2D eigenvalue weighted by Gasteiger charge is 2.03. The lowest BCUT2D eigenvalue weighted by atomic mass is 10.4. The second-order valence-corrected chi connectivity index (χ2v) is 3.43. The number of hydrazine groups is 1. The third-order valence-corrected chi connectivity index (χ3v) is 1.47. The van der Waals surface area contributed by atoms with Crippen molar-refractivity contribution < 1.29 is 4.74 Å². The quantitative estimate of drug-likeness (QED) is 0.258. The van der Waals surface area contributed by atoms with Gasteiger partial charge in [0.1, 0.15) is 0 Å². The Bertz CT molecular complexity index is 170. The minimum Gasteiger partial charge on any atom is -0.380 e. The molecule has 0 fully saturated rings. The highest BCUT2D eigenvalue weighted by atomic mass is 16.5. The second kappa shape index (κ2) is 7.58.